The van der Waals surface area contributed by atoms with Crippen molar-refractivity contribution in [2.45, 2.75) is 31.7 Å². The molecule has 3 heterocycles. The van der Waals surface area contributed by atoms with Gasteiger partial charge < -0.3 is 4.98 Å². The molecule has 2 aromatic rings. The fourth-order valence-electron chi connectivity index (χ4n) is 4.66. The number of fused-ring (bicyclic) bond motifs is 6. The number of nitrogens with one attached hydrogen (secondary N) is 1. The molecule has 3 aliphatic rings. The molecular weight excluding hydrogens is 272 g/mol. The van der Waals surface area contributed by atoms with Crippen LogP contribution >= 0.6 is 0 Å². The van der Waals surface area contributed by atoms with Crippen LogP contribution in [0.2, 0.25) is 0 Å². The molecule has 0 amide bonds. The van der Waals surface area contributed by atoms with Gasteiger partial charge in [0.1, 0.15) is 0 Å². The van der Waals surface area contributed by atoms with Crippen molar-refractivity contribution in [3.8, 4) is 0 Å². The molecule has 2 atom stereocenters. The first kappa shape index (κ1) is 12.7. The van der Waals surface area contributed by atoms with Crippen LogP contribution < -0.4 is 0 Å². The van der Waals surface area contributed by atoms with Gasteiger partial charge in [0.05, 0.1) is 6.04 Å². The van der Waals surface area contributed by atoms with Gasteiger partial charge in [0.15, 0.2) is 5.78 Å². The number of allylic oxidation sites excluding steroid dienone is 1. The van der Waals surface area contributed by atoms with Crippen LogP contribution in [-0.4, -0.2) is 28.8 Å². The average molecular weight is 292 g/mol. The van der Waals surface area contributed by atoms with Crippen LogP contribution in [0.25, 0.3) is 10.9 Å². The number of H-pyrrole nitrogens is 1. The van der Waals surface area contributed by atoms with Gasteiger partial charge in [-0.05, 0) is 42.9 Å². The van der Waals surface area contributed by atoms with Crippen molar-refractivity contribution in [3.05, 3.63) is 47.2 Å². The number of rotatable bonds is 0. The van der Waals surface area contributed by atoms with Crippen molar-refractivity contribution in [2.75, 3.05) is 13.1 Å². The summed E-state index contributed by atoms with van der Waals surface area (Å²) < 4.78 is 0. The molecule has 1 saturated heterocycles. The number of hydrogen-bond donors (Lipinski definition) is 1. The van der Waals surface area contributed by atoms with E-state index in [1.807, 2.05) is 6.08 Å². The Hall–Kier alpha value is -1.87. The van der Waals surface area contributed by atoms with Gasteiger partial charge in [-0.15, -0.1) is 0 Å². The Morgan fingerprint density at radius 2 is 2.09 bits per heavy atom. The summed E-state index contributed by atoms with van der Waals surface area (Å²) in [6, 6.07) is 9.07. The quantitative estimate of drug-likeness (QED) is 0.808. The van der Waals surface area contributed by atoms with E-state index in [2.05, 4.69) is 34.1 Å². The van der Waals surface area contributed by atoms with Crippen LogP contribution in [0.15, 0.2) is 35.9 Å². The Kier molecular flexibility index (Phi) is 2.62. The summed E-state index contributed by atoms with van der Waals surface area (Å²) in [5.41, 5.74) is 5.54. The molecule has 0 radical (unpaired) electrons. The van der Waals surface area contributed by atoms with Gasteiger partial charge in [-0.3, -0.25) is 9.69 Å². The minimum Gasteiger partial charge on any atom is -0.357 e. The number of carbonyl (C=O) groups excluding carboxylic acids is 1. The van der Waals surface area contributed by atoms with Crippen LogP contribution in [0, 0.1) is 5.92 Å². The lowest BCUT2D eigenvalue weighted by molar-refractivity contribution is -0.115. The predicted molar refractivity (Wildman–Crippen MR) is 86.7 cm³/mol. The van der Waals surface area contributed by atoms with Gasteiger partial charge in [0.2, 0.25) is 0 Å². The zero-order valence-corrected chi connectivity index (χ0v) is 12.6. The number of piperidine rings is 1. The number of benzene rings is 1. The van der Waals surface area contributed by atoms with Gasteiger partial charge in [-0.25, -0.2) is 0 Å². The Bertz CT molecular complexity index is 801. The average Bonchev–Trinajstić information content (AvgIpc) is 2.92. The second-order valence-electron chi connectivity index (χ2n) is 6.95. The van der Waals surface area contributed by atoms with E-state index in [1.54, 1.807) is 0 Å². The van der Waals surface area contributed by atoms with Crippen LogP contribution in [-0.2, 0) is 11.2 Å². The number of ketones is 1. The maximum absolute atomic E-state index is 11.8. The standard InChI is InChI=1S/C19H20N2O/c22-14-6-5-12-11-21-8-7-16-15-3-1-2-4-17(15)20-19(16)18(21)10-13(12)9-14/h1-4,9,12,18,20H,5-8,10-11H2/t12-,18-/m0/s1. The highest BCUT2D eigenvalue weighted by Crippen LogP contribution is 2.44. The van der Waals surface area contributed by atoms with Crippen LogP contribution in [0.4, 0.5) is 0 Å². The molecule has 112 valence electrons. The largest absolute Gasteiger partial charge is 0.357 e. The first-order chi connectivity index (χ1) is 10.8. The number of aromatic nitrogens is 1. The van der Waals surface area contributed by atoms with Crippen LogP contribution in [0.1, 0.15) is 36.6 Å². The number of aromatic amines is 1. The fraction of sp³-hybridized carbons (Fsp3) is 0.421. The third-order valence-electron chi connectivity index (χ3n) is 5.76. The highest BCUT2D eigenvalue weighted by atomic mass is 16.1. The van der Waals surface area contributed by atoms with E-state index in [1.165, 1.54) is 27.7 Å². The third-order valence-corrected chi connectivity index (χ3v) is 5.76. The molecule has 0 spiro atoms. The Morgan fingerprint density at radius 3 is 3.05 bits per heavy atom. The van der Waals surface area contributed by atoms with Gasteiger partial charge in [-0.2, -0.15) is 0 Å². The monoisotopic (exact) mass is 292 g/mol. The van der Waals surface area contributed by atoms with E-state index in [0.29, 0.717) is 17.7 Å². The molecule has 1 N–H and O–H groups in total. The molecule has 2 aliphatic heterocycles. The minimum atomic E-state index is 0.326. The highest BCUT2D eigenvalue weighted by Gasteiger charge is 2.38. The van der Waals surface area contributed by atoms with Gasteiger partial charge in [0, 0.05) is 36.1 Å². The first-order valence-corrected chi connectivity index (χ1v) is 8.36. The Labute approximate surface area is 130 Å². The molecule has 1 aromatic heterocycles. The molecule has 3 nitrogen and oxygen atoms in total. The van der Waals surface area contributed by atoms with Crippen molar-refractivity contribution in [1.82, 2.24) is 9.88 Å². The third kappa shape index (κ3) is 1.75. The number of nitrogens with zero attached hydrogens (tertiary/aromatic N) is 1. The maximum Gasteiger partial charge on any atom is 0.155 e. The number of para-hydroxylation sites is 1. The predicted octanol–water partition coefficient (Wildman–Crippen LogP) is 3.38. The van der Waals surface area contributed by atoms with Gasteiger partial charge in [0.25, 0.3) is 0 Å². The van der Waals surface area contributed by atoms with Crippen molar-refractivity contribution in [2.24, 2.45) is 5.92 Å². The normalized spacial score (nSPS) is 28.0. The summed E-state index contributed by atoms with van der Waals surface area (Å²) in [6.45, 7) is 2.27. The van der Waals surface area contributed by atoms with Gasteiger partial charge in [-0.1, -0.05) is 23.8 Å². The second kappa shape index (κ2) is 4.56. The van der Waals surface area contributed by atoms with Crippen molar-refractivity contribution < 1.29 is 4.79 Å². The molecule has 1 aliphatic carbocycles. The smallest absolute Gasteiger partial charge is 0.155 e. The van der Waals surface area contributed by atoms with Crippen molar-refractivity contribution in [1.29, 1.82) is 0 Å². The van der Waals surface area contributed by atoms with E-state index in [-0.39, 0.29) is 0 Å². The summed E-state index contributed by atoms with van der Waals surface area (Å²) in [5.74, 6) is 0.937. The number of hydrogen-bond acceptors (Lipinski definition) is 2. The van der Waals surface area contributed by atoms with E-state index in [9.17, 15) is 4.79 Å². The lowest BCUT2D eigenvalue weighted by atomic mass is 9.77. The molecule has 0 saturated carbocycles. The SMILES string of the molecule is O=C1C=C2C[C@H]3c4[nH]c5ccccc5c4CCN3C[C@@H]2CC1. The zero-order chi connectivity index (χ0) is 14.7. The summed E-state index contributed by atoms with van der Waals surface area (Å²) in [6.07, 6.45) is 5.90. The molecule has 1 fully saturated rings. The molecule has 5 rings (SSSR count). The second-order valence-corrected chi connectivity index (χ2v) is 6.95. The molecule has 1 aromatic carbocycles. The topological polar surface area (TPSA) is 36.1 Å². The lowest BCUT2D eigenvalue weighted by Crippen LogP contribution is -2.44. The Balaban J connectivity index is 1.60. The van der Waals surface area contributed by atoms with Crippen molar-refractivity contribution in [3.63, 3.8) is 0 Å². The van der Waals surface area contributed by atoms with E-state index < -0.39 is 0 Å². The van der Waals surface area contributed by atoms with Crippen molar-refractivity contribution >= 4 is 16.7 Å². The van der Waals surface area contributed by atoms with E-state index in [0.717, 1.165) is 38.8 Å². The molecule has 0 unspecified atom stereocenters. The molecule has 0 bridgehead atoms. The number of carbonyl (C=O) groups is 1. The maximum atomic E-state index is 11.8. The van der Waals surface area contributed by atoms with Gasteiger partial charge >= 0.3 is 0 Å². The Morgan fingerprint density at radius 1 is 1.18 bits per heavy atom. The fourth-order valence-corrected chi connectivity index (χ4v) is 4.66. The van der Waals surface area contributed by atoms with Crippen LogP contribution in [0.5, 0.6) is 0 Å². The highest BCUT2D eigenvalue weighted by molar-refractivity contribution is 5.91. The van der Waals surface area contributed by atoms with E-state index in [4.69, 9.17) is 0 Å². The molecular formula is C19H20N2O. The minimum absolute atomic E-state index is 0.326. The summed E-state index contributed by atoms with van der Waals surface area (Å²) in [4.78, 5) is 18.1. The van der Waals surface area contributed by atoms with Crippen LogP contribution in [0.3, 0.4) is 0 Å². The van der Waals surface area contributed by atoms with E-state index >= 15 is 0 Å². The summed E-state index contributed by atoms with van der Waals surface area (Å²) in [7, 11) is 0. The summed E-state index contributed by atoms with van der Waals surface area (Å²) in [5, 5.41) is 1.38. The molecule has 22 heavy (non-hydrogen) atoms. The zero-order valence-electron chi connectivity index (χ0n) is 12.6. The molecule has 3 heteroatoms. The first-order valence-electron chi connectivity index (χ1n) is 8.36. The summed E-state index contributed by atoms with van der Waals surface area (Å²) >= 11 is 0. The lowest BCUT2D eigenvalue weighted by Gasteiger charge is -2.44.